The molecule has 4 unspecified atom stereocenters. The van der Waals surface area contributed by atoms with Gasteiger partial charge in [0.15, 0.2) is 0 Å². The van der Waals surface area contributed by atoms with Gasteiger partial charge in [0.2, 0.25) is 10.0 Å². The Bertz CT molecular complexity index is 919. The molecule has 1 aliphatic rings. The number of sulfonamides is 1. The monoisotopic (exact) mass is 907 g/mol. The zero-order valence-corrected chi connectivity index (χ0v) is 30.6. The zero-order chi connectivity index (χ0) is 26.5. The topological polar surface area (TPSA) is 146 Å². The Morgan fingerprint density at radius 1 is 1.24 bits per heavy atom. The summed E-state index contributed by atoms with van der Waals surface area (Å²) in [6, 6.07) is -0.273. The van der Waals surface area contributed by atoms with Crippen molar-refractivity contribution in [3.05, 3.63) is 32.0 Å². The van der Waals surface area contributed by atoms with Crippen molar-refractivity contribution in [1.82, 2.24) is 20.0 Å². The van der Waals surface area contributed by atoms with Crippen LogP contribution in [0.15, 0.2) is 24.6 Å². The van der Waals surface area contributed by atoms with Crippen molar-refractivity contribution in [2.75, 3.05) is 33.0 Å². The SMILES string of the molecule is C=C(NC(C)(C)C(=O)NS(C)(=O)=O)C1CC(OCOCP(=O)(O)NC)CN1C(=C)C(C)C(C)C.[CH3-].[W].[W]. The van der Waals surface area contributed by atoms with Gasteiger partial charge in [-0.25, -0.2) is 13.5 Å². The van der Waals surface area contributed by atoms with Gasteiger partial charge in [-0.1, -0.05) is 33.9 Å². The fourth-order valence-electron chi connectivity index (χ4n) is 3.42. The molecule has 0 aromatic rings. The Labute approximate surface area is 252 Å². The van der Waals surface area contributed by atoms with Crippen molar-refractivity contribution >= 4 is 23.5 Å². The number of ether oxygens (including phenoxy) is 2. The second-order valence-corrected chi connectivity index (χ2v) is 13.4. The predicted molar refractivity (Wildman–Crippen MR) is 139 cm³/mol. The first-order valence-corrected chi connectivity index (χ1v) is 14.8. The van der Waals surface area contributed by atoms with Gasteiger partial charge in [0.25, 0.3) is 13.4 Å². The molecule has 0 bridgehead atoms. The minimum Gasteiger partial charge on any atom is -0.374 e. The van der Waals surface area contributed by atoms with Crippen molar-refractivity contribution < 1.29 is 74.3 Å². The van der Waals surface area contributed by atoms with Gasteiger partial charge in [-0.05, 0) is 32.7 Å². The number of allylic oxidation sites excluding steroid dienone is 1. The van der Waals surface area contributed by atoms with Crippen molar-refractivity contribution in [3.8, 4) is 0 Å². The number of nitrogens with zero attached hydrogens (tertiary/aromatic N) is 1. The Balaban J connectivity index is -0.00000385. The molecule has 1 fully saturated rings. The Hall–Kier alpha value is -0.0534. The van der Waals surface area contributed by atoms with Gasteiger partial charge >= 0.3 is 0 Å². The molecule has 1 aliphatic heterocycles. The molecule has 15 heteroatoms. The minimum absolute atomic E-state index is 0. The molecule has 1 rings (SSSR count). The van der Waals surface area contributed by atoms with E-state index < -0.39 is 29.0 Å². The van der Waals surface area contributed by atoms with Crippen LogP contribution in [0.3, 0.4) is 0 Å². The molecule has 0 aliphatic carbocycles. The summed E-state index contributed by atoms with van der Waals surface area (Å²) in [5, 5.41) is 5.37. The molecule has 4 N–H and O–H groups in total. The van der Waals surface area contributed by atoms with Crippen LogP contribution in [0.1, 0.15) is 41.0 Å². The van der Waals surface area contributed by atoms with Crippen LogP contribution < -0.4 is 15.1 Å². The normalized spacial score (nSPS) is 20.0. The first kappa shape index (κ1) is 41.4. The third kappa shape index (κ3) is 13.7. The molecule has 0 aromatic carbocycles. The summed E-state index contributed by atoms with van der Waals surface area (Å²) in [4.78, 5) is 24.1. The quantitative estimate of drug-likeness (QED) is 0.0885. The van der Waals surface area contributed by atoms with E-state index >= 15 is 0 Å². The predicted octanol–water partition coefficient (Wildman–Crippen LogP) is 1.99. The third-order valence-electron chi connectivity index (χ3n) is 5.88. The number of rotatable bonds is 14. The molecule has 1 heterocycles. The molecule has 218 valence electrons. The molecule has 0 aromatic heterocycles. The summed E-state index contributed by atoms with van der Waals surface area (Å²) in [5.41, 5.74) is 0.171. The molecule has 0 radical (unpaired) electrons. The van der Waals surface area contributed by atoms with E-state index in [-0.39, 0.29) is 80.8 Å². The van der Waals surface area contributed by atoms with E-state index in [1.807, 2.05) is 4.72 Å². The third-order valence-corrected chi connectivity index (χ3v) is 7.67. The van der Waals surface area contributed by atoms with Crippen LogP contribution in [-0.4, -0.2) is 74.8 Å². The van der Waals surface area contributed by atoms with Gasteiger partial charge in [-0.15, -0.1) is 0 Å². The standard InChI is InChI=1S/C21H41N4O7PS.CH3.2W/c1-14(2)15(3)17(5)25-11-18(32-12-31-13-33(27,28)22-8)10-19(25)16(4)23-21(6,7)20(26)24-34(9,29)30;;;/h14-15,18-19,23H,4-5,10-13H2,1-3,6-9H3,(H,24,26)(H2,22,27,28);1H3;;/q;-1;;. The summed E-state index contributed by atoms with van der Waals surface area (Å²) in [7, 11) is -5.88. The van der Waals surface area contributed by atoms with Crippen LogP contribution in [0.5, 0.6) is 0 Å². The van der Waals surface area contributed by atoms with Crippen LogP contribution in [0.4, 0.5) is 0 Å². The molecule has 1 saturated heterocycles. The number of nitrogens with one attached hydrogen (secondary N) is 3. The van der Waals surface area contributed by atoms with Gasteiger partial charge in [-0.3, -0.25) is 14.1 Å². The molecule has 0 spiro atoms. The number of carbonyl (C=O) groups excluding carboxylic acids is 1. The number of amides is 1. The first-order valence-electron chi connectivity index (χ1n) is 11.0. The molecule has 11 nitrogen and oxygen atoms in total. The minimum atomic E-state index is -3.71. The Kier molecular flexibility index (Phi) is 18.9. The smallest absolute Gasteiger partial charge is 0.292 e. The maximum atomic E-state index is 12.5. The van der Waals surface area contributed by atoms with E-state index in [0.29, 0.717) is 24.6 Å². The molecule has 37 heavy (non-hydrogen) atoms. The van der Waals surface area contributed by atoms with Crippen LogP contribution in [0.2, 0.25) is 0 Å². The van der Waals surface area contributed by atoms with Gasteiger partial charge in [0.1, 0.15) is 18.7 Å². The Morgan fingerprint density at radius 2 is 1.78 bits per heavy atom. The van der Waals surface area contributed by atoms with E-state index in [1.165, 1.54) is 7.05 Å². The maximum Gasteiger partial charge on any atom is 0.292 e. The average Bonchev–Trinajstić information content (AvgIpc) is 3.12. The van der Waals surface area contributed by atoms with E-state index in [2.05, 4.69) is 49.2 Å². The Morgan fingerprint density at radius 3 is 2.24 bits per heavy atom. The van der Waals surface area contributed by atoms with E-state index in [4.69, 9.17) is 9.47 Å². The van der Waals surface area contributed by atoms with Gasteiger partial charge < -0.3 is 32.0 Å². The van der Waals surface area contributed by atoms with Crippen molar-refractivity contribution in [2.24, 2.45) is 11.8 Å². The summed E-state index contributed by atoms with van der Waals surface area (Å²) >= 11 is 0. The van der Waals surface area contributed by atoms with E-state index in [9.17, 15) is 22.7 Å². The second kappa shape index (κ2) is 16.9. The van der Waals surface area contributed by atoms with Gasteiger partial charge in [0.05, 0.1) is 18.4 Å². The molecule has 4 atom stereocenters. The maximum absolute atomic E-state index is 12.5. The average molecular weight is 907 g/mol. The molecule has 0 saturated carbocycles. The summed E-state index contributed by atoms with van der Waals surface area (Å²) < 4.78 is 47.6. The van der Waals surface area contributed by atoms with E-state index in [0.717, 1.165) is 12.0 Å². The van der Waals surface area contributed by atoms with Crippen molar-refractivity contribution in [2.45, 2.75) is 58.7 Å². The fraction of sp³-hybridized carbons (Fsp3) is 0.727. The number of likely N-dealkylation sites (tertiary alicyclic amines) is 1. The van der Waals surface area contributed by atoms with Crippen molar-refractivity contribution in [3.63, 3.8) is 0 Å². The van der Waals surface area contributed by atoms with E-state index in [1.54, 1.807) is 13.8 Å². The fourth-order valence-corrected chi connectivity index (χ4v) is 4.46. The summed E-state index contributed by atoms with van der Waals surface area (Å²) in [6.45, 7) is 18.2. The van der Waals surface area contributed by atoms with Crippen LogP contribution in [-0.2, 0) is 71.0 Å². The zero-order valence-electron chi connectivity index (χ0n) is 23.1. The second-order valence-electron chi connectivity index (χ2n) is 9.57. The first-order chi connectivity index (χ1) is 15.4. The van der Waals surface area contributed by atoms with Crippen LogP contribution >= 0.6 is 7.52 Å². The molecular weight excluding hydrogens is 863 g/mol. The summed E-state index contributed by atoms with van der Waals surface area (Å²) in [6.07, 6.45) is 0.770. The van der Waals surface area contributed by atoms with Crippen molar-refractivity contribution in [1.29, 1.82) is 0 Å². The molecule has 1 amide bonds. The largest absolute Gasteiger partial charge is 0.374 e. The van der Waals surface area contributed by atoms with Gasteiger partial charge in [0, 0.05) is 66.5 Å². The van der Waals surface area contributed by atoms with Gasteiger partial charge in [-0.2, -0.15) is 0 Å². The number of carbonyl (C=O) groups is 1. The summed E-state index contributed by atoms with van der Waals surface area (Å²) in [5.74, 6) is -0.188. The van der Waals surface area contributed by atoms with Crippen LogP contribution in [0, 0.1) is 19.3 Å². The number of hydrogen-bond acceptors (Lipinski definition) is 8. The molecular formula is C22H44N4O7PSW2-. The van der Waals surface area contributed by atoms with Crippen LogP contribution in [0.25, 0.3) is 0 Å². The number of hydrogen-bond donors (Lipinski definition) is 4.